The average molecular weight is 331 g/mol. The van der Waals surface area contributed by atoms with Crippen LogP contribution in [0.25, 0.3) is 0 Å². The van der Waals surface area contributed by atoms with Crippen LogP contribution >= 0.6 is 0 Å². The van der Waals surface area contributed by atoms with Crippen LogP contribution in [-0.2, 0) is 6.54 Å². The van der Waals surface area contributed by atoms with Gasteiger partial charge in [-0.05, 0) is 50.5 Å². The maximum atomic E-state index is 13.5. The molecule has 0 unspecified atom stereocenters. The lowest BCUT2D eigenvalue weighted by Crippen LogP contribution is -2.42. The van der Waals surface area contributed by atoms with E-state index in [0.29, 0.717) is 18.8 Å². The van der Waals surface area contributed by atoms with Crippen molar-refractivity contribution in [1.29, 1.82) is 0 Å². The van der Waals surface area contributed by atoms with Crippen LogP contribution in [0.1, 0.15) is 37.1 Å². The second-order valence-corrected chi connectivity index (χ2v) is 6.21. The number of hydrogen-bond donors (Lipinski definition) is 1. The number of nitrogens with one attached hydrogen (secondary N) is 1. The van der Waals surface area contributed by atoms with Crippen LogP contribution in [0.2, 0.25) is 0 Å². The molecule has 2 aromatic rings. The molecule has 1 N–H and O–H groups in total. The largest absolute Gasteiger partial charge is 0.324 e. The molecule has 3 rings (SSSR count). The van der Waals surface area contributed by atoms with Crippen molar-refractivity contribution in [3.05, 3.63) is 41.7 Å². The summed E-state index contributed by atoms with van der Waals surface area (Å²) in [5.41, 5.74) is 1.26. The fraction of sp³-hybridized carbons (Fsp3) is 0.471. The van der Waals surface area contributed by atoms with E-state index >= 15 is 0 Å². The van der Waals surface area contributed by atoms with Gasteiger partial charge in [0.05, 0.1) is 0 Å². The molecule has 0 saturated carbocycles. The van der Waals surface area contributed by atoms with Crippen LogP contribution in [0, 0.1) is 12.7 Å². The summed E-state index contributed by atoms with van der Waals surface area (Å²) in [6, 6.07) is 4.33. The van der Waals surface area contributed by atoms with E-state index in [9.17, 15) is 9.18 Å². The van der Waals surface area contributed by atoms with Gasteiger partial charge >= 0.3 is 6.03 Å². The Morgan fingerprint density at radius 3 is 3.00 bits per heavy atom. The lowest BCUT2D eigenvalue weighted by atomic mass is 9.97. The van der Waals surface area contributed by atoms with Crippen LogP contribution in [0.5, 0.6) is 0 Å². The summed E-state index contributed by atoms with van der Waals surface area (Å²) in [5, 5.41) is 11.0. The van der Waals surface area contributed by atoms with Gasteiger partial charge in [-0.1, -0.05) is 0 Å². The average Bonchev–Trinajstić information content (AvgIpc) is 3.02. The molecule has 1 aromatic heterocycles. The number of amides is 2. The Hall–Kier alpha value is -2.44. The number of halogens is 1. The van der Waals surface area contributed by atoms with Gasteiger partial charge in [-0.3, -0.25) is 0 Å². The molecular formula is C17H22FN5O. The lowest BCUT2D eigenvalue weighted by molar-refractivity contribution is 0.190. The molecule has 1 aliphatic heterocycles. The van der Waals surface area contributed by atoms with Crippen molar-refractivity contribution in [2.24, 2.45) is 0 Å². The van der Waals surface area contributed by atoms with E-state index in [0.717, 1.165) is 30.8 Å². The smallest absolute Gasteiger partial charge is 0.321 e. The van der Waals surface area contributed by atoms with E-state index in [4.69, 9.17) is 0 Å². The zero-order chi connectivity index (χ0) is 17.1. The fourth-order valence-corrected chi connectivity index (χ4v) is 3.21. The third-order valence-corrected chi connectivity index (χ3v) is 4.35. The molecular weight excluding hydrogens is 309 g/mol. The first-order chi connectivity index (χ1) is 11.6. The predicted octanol–water partition coefficient (Wildman–Crippen LogP) is 3.16. The Kier molecular flexibility index (Phi) is 4.78. The number of urea groups is 1. The summed E-state index contributed by atoms with van der Waals surface area (Å²) in [6.45, 7) is 5.95. The normalized spacial score (nSPS) is 17.8. The molecule has 128 valence electrons. The maximum Gasteiger partial charge on any atom is 0.321 e. The summed E-state index contributed by atoms with van der Waals surface area (Å²) >= 11 is 0. The van der Waals surface area contributed by atoms with Gasteiger partial charge in [0.2, 0.25) is 0 Å². The predicted molar refractivity (Wildman–Crippen MR) is 89.4 cm³/mol. The Labute approximate surface area is 140 Å². The van der Waals surface area contributed by atoms with E-state index in [1.54, 1.807) is 24.2 Å². The SMILES string of the molecule is CCn1cnnc1[C@H]1CCCN(C(=O)Nc2cc(C)cc(F)c2)C1. The number of carbonyl (C=O) groups is 1. The third-order valence-electron chi connectivity index (χ3n) is 4.35. The zero-order valence-electron chi connectivity index (χ0n) is 14.0. The van der Waals surface area contributed by atoms with Gasteiger partial charge in [0, 0.05) is 31.2 Å². The molecule has 0 aliphatic carbocycles. The molecule has 1 fully saturated rings. The molecule has 0 bridgehead atoms. The highest BCUT2D eigenvalue weighted by Crippen LogP contribution is 2.26. The van der Waals surface area contributed by atoms with Crippen molar-refractivity contribution in [1.82, 2.24) is 19.7 Å². The summed E-state index contributed by atoms with van der Waals surface area (Å²) < 4.78 is 15.5. The summed E-state index contributed by atoms with van der Waals surface area (Å²) in [4.78, 5) is 14.3. The van der Waals surface area contributed by atoms with Crippen LogP contribution in [0.3, 0.4) is 0 Å². The Morgan fingerprint density at radius 1 is 1.42 bits per heavy atom. The van der Waals surface area contributed by atoms with E-state index in [1.807, 2.05) is 11.5 Å². The van der Waals surface area contributed by atoms with E-state index < -0.39 is 0 Å². The number of likely N-dealkylation sites (tertiary alicyclic amines) is 1. The van der Waals surface area contributed by atoms with Gasteiger partial charge in [0.1, 0.15) is 18.0 Å². The molecule has 0 spiro atoms. The first-order valence-corrected chi connectivity index (χ1v) is 8.27. The molecule has 1 atom stereocenters. The first-order valence-electron chi connectivity index (χ1n) is 8.27. The summed E-state index contributed by atoms with van der Waals surface area (Å²) in [6.07, 6.45) is 3.63. The van der Waals surface area contributed by atoms with Crippen molar-refractivity contribution in [2.45, 2.75) is 39.2 Å². The molecule has 2 heterocycles. The van der Waals surface area contributed by atoms with Crippen molar-refractivity contribution >= 4 is 11.7 Å². The number of anilines is 1. The molecule has 1 aliphatic rings. The third kappa shape index (κ3) is 3.55. The van der Waals surface area contributed by atoms with Crippen molar-refractivity contribution in [3.8, 4) is 0 Å². The lowest BCUT2D eigenvalue weighted by Gasteiger charge is -2.32. The van der Waals surface area contributed by atoms with Crippen LogP contribution < -0.4 is 5.32 Å². The highest BCUT2D eigenvalue weighted by Gasteiger charge is 2.27. The van der Waals surface area contributed by atoms with Gasteiger partial charge in [0.25, 0.3) is 0 Å². The Balaban J connectivity index is 1.69. The minimum Gasteiger partial charge on any atom is -0.324 e. The van der Waals surface area contributed by atoms with E-state index in [2.05, 4.69) is 15.5 Å². The van der Waals surface area contributed by atoms with Gasteiger partial charge < -0.3 is 14.8 Å². The standard InChI is InChI=1S/C17H22FN5O/c1-3-22-11-19-21-16(22)13-5-4-6-23(10-13)17(24)20-15-8-12(2)7-14(18)9-15/h7-9,11,13H,3-6,10H2,1-2H3,(H,20,24)/t13-/m0/s1. The monoisotopic (exact) mass is 331 g/mol. The minimum absolute atomic E-state index is 0.182. The zero-order valence-corrected chi connectivity index (χ0v) is 14.0. The minimum atomic E-state index is -0.349. The van der Waals surface area contributed by atoms with Crippen LogP contribution in [-0.4, -0.2) is 38.8 Å². The number of aromatic nitrogens is 3. The molecule has 2 amide bonds. The van der Waals surface area contributed by atoms with Crippen LogP contribution in [0.4, 0.5) is 14.9 Å². The van der Waals surface area contributed by atoms with Gasteiger partial charge in [-0.25, -0.2) is 9.18 Å². The number of nitrogens with zero attached hydrogens (tertiary/aromatic N) is 4. The van der Waals surface area contributed by atoms with Crippen molar-refractivity contribution in [3.63, 3.8) is 0 Å². The summed E-state index contributed by atoms with van der Waals surface area (Å²) in [7, 11) is 0. The van der Waals surface area contributed by atoms with Gasteiger partial charge in [-0.2, -0.15) is 0 Å². The quantitative estimate of drug-likeness (QED) is 0.940. The number of hydrogen-bond acceptors (Lipinski definition) is 3. The molecule has 1 saturated heterocycles. The maximum absolute atomic E-state index is 13.5. The molecule has 0 radical (unpaired) electrons. The Bertz CT molecular complexity index is 709. The number of rotatable bonds is 3. The van der Waals surface area contributed by atoms with Crippen molar-refractivity contribution in [2.75, 3.05) is 18.4 Å². The second kappa shape index (κ2) is 6.98. The van der Waals surface area contributed by atoms with E-state index in [1.165, 1.54) is 12.1 Å². The molecule has 6 nitrogen and oxygen atoms in total. The highest BCUT2D eigenvalue weighted by molar-refractivity contribution is 5.89. The van der Waals surface area contributed by atoms with Gasteiger partial charge in [0.15, 0.2) is 0 Å². The van der Waals surface area contributed by atoms with Crippen molar-refractivity contribution < 1.29 is 9.18 Å². The molecule has 1 aromatic carbocycles. The number of carbonyl (C=O) groups excluding carboxylic acids is 1. The molecule has 24 heavy (non-hydrogen) atoms. The number of piperidine rings is 1. The molecule has 7 heteroatoms. The number of aryl methyl sites for hydroxylation is 2. The van der Waals surface area contributed by atoms with Crippen LogP contribution in [0.15, 0.2) is 24.5 Å². The van der Waals surface area contributed by atoms with Gasteiger partial charge in [-0.15, -0.1) is 10.2 Å². The Morgan fingerprint density at radius 2 is 2.25 bits per heavy atom. The first kappa shape index (κ1) is 16.4. The second-order valence-electron chi connectivity index (χ2n) is 6.21. The summed E-state index contributed by atoms with van der Waals surface area (Å²) in [5.74, 6) is 0.760. The fourth-order valence-electron chi connectivity index (χ4n) is 3.21. The highest BCUT2D eigenvalue weighted by atomic mass is 19.1. The topological polar surface area (TPSA) is 63.1 Å². The number of benzene rings is 1. The van der Waals surface area contributed by atoms with E-state index in [-0.39, 0.29) is 17.8 Å².